The van der Waals surface area contributed by atoms with Gasteiger partial charge in [-0.15, -0.1) is 0 Å². The predicted molar refractivity (Wildman–Crippen MR) is 106 cm³/mol. The highest BCUT2D eigenvalue weighted by Crippen LogP contribution is 2.35. The average Bonchev–Trinajstić information content (AvgIpc) is 3.06. The van der Waals surface area contributed by atoms with E-state index < -0.39 is 23.8 Å². The quantitative estimate of drug-likeness (QED) is 0.553. The molecule has 0 aliphatic carbocycles. The molecule has 2 heterocycles. The van der Waals surface area contributed by atoms with Gasteiger partial charge in [-0.05, 0) is 18.6 Å². The van der Waals surface area contributed by atoms with Gasteiger partial charge in [0.1, 0.15) is 16.2 Å². The Hall–Kier alpha value is -2.72. The predicted octanol–water partition coefficient (Wildman–Crippen LogP) is 1.49. The molecule has 10 heteroatoms. The molecule has 1 saturated heterocycles. The topological polar surface area (TPSA) is 119 Å². The number of thiocarbonyl (C=S) groups is 1. The van der Waals surface area contributed by atoms with Gasteiger partial charge < -0.3 is 15.4 Å². The fourth-order valence-electron chi connectivity index (χ4n) is 2.80. The molecule has 140 valence electrons. The first-order chi connectivity index (χ1) is 12.8. The minimum absolute atomic E-state index is 0.101. The number of aromatic nitrogens is 2. The molecule has 0 spiro atoms. The van der Waals surface area contributed by atoms with Crippen LogP contribution in [0.25, 0.3) is 17.1 Å². The largest absolute Gasteiger partial charge is 0.480 e. The number of amides is 2. The molecule has 1 atom stereocenters. The van der Waals surface area contributed by atoms with Crippen LogP contribution in [-0.4, -0.2) is 47.7 Å². The summed E-state index contributed by atoms with van der Waals surface area (Å²) in [5.74, 6) is -1.84. The number of carboxylic acids is 1. The van der Waals surface area contributed by atoms with Crippen molar-refractivity contribution in [2.45, 2.75) is 18.9 Å². The van der Waals surface area contributed by atoms with Gasteiger partial charge in [0.15, 0.2) is 0 Å². The number of carboxylic acid groups (broad SMARTS) is 1. The second kappa shape index (κ2) is 7.49. The molecule has 0 bridgehead atoms. The zero-order valence-corrected chi connectivity index (χ0v) is 15.9. The number of thioether (sulfide) groups is 1. The third-order valence-electron chi connectivity index (χ3n) is 4.17. The Morgan fingerprint density at radius 3 is 2.74 bits per heavy atom. The number of aliphatic carboxylic acids is 1. The molecular weight excluding hydrogens is 388 g/mol. The van der Waals surface area contributed by atoms with Gasteiger partial charge in [-0.2, -0.15) is 0 Å². The highest BCUT2D eigenvalue weighted by Gasteiger charge is 2.40. The lowest BCUT2D eigenvalue weighted by Crippen LogP contribution is -2.44. The van der Waals surface area contributed by atoms with E-state index in [1.54, 1.807) is 6.08 Å². The van der Waals surface area contributed by atoms with E-state index in [0.717, 1.165) is 27.7 Å². The fourth-order valence-corrected chi connectivity index (χ4v) is 4.13. The van der Waals surface area contributed by atoms with E-state index in [0.29, 0.717) is 5.82 Å². The lowest BCUT2D eigenvalue weighted by Gasteiger charge is -2.22. The maximum absolute atomic E-state index is 12.8. The second-order valence-electron chi connectivity index (χ2n) is 5.93. The monoisotopic (exact) mass is 404 g/mol. The van der Waals surface area contributed by atoms with Gasteiger partial charge in [-0.1, -0.05) is 36.1 Å². The van der Waals surface area contributed by atoms with Gasteiger partial charge in [0.25, 0.3) is 5.91 Å². The van der Waals surface area contributed by atoms with Gasteiger partial charge in [0, 0.05) is 19.5 Å². The van der Waals surface area contributed by atoms with E-state index in [2.05, 4.69) is 4.98 Å². The molecule has 0 radical (unpaired) electrons. The number of fused-ring (bicyclic) bond motifs is 1. The third-order valence-corrected chi connectivity index (χ3v) is 5.50. The van der Waals surface area contributed by atoms with Crippen molar-refractivity contribution in [1.29, 1.82) is 0 Å². The fraction of sp³-hybridized carbons (Fsp3) is 0.235. The summed E-state index contributed by atoms with van der Waals surface area (Å²) in [7, 11) is 1.83. The Bertz CT molecular complexity index is 998. The Labute approximate surface area is 164 Å². The second-order valence-corrected chi connectivity index (χ2v) is 7.60. The minimum Gasteiger partial charge on any atom is -0.480 e. The maximum Gasteiger partial charge on any atom is 0.326 e. The molecule has 3 N–H and O–H groups in total. The third kappa shape index (κ3) is 3.71. The van der Waals surface area contributed by atoms with Crippen LogP contribution in [0, 0.1) is 0 Å². The molecule has 1 aliphatic rings. The van der Waals surface area contributed by atoms with Crippen LogP contribution in [0.2, 0.25) is 0 Å². The van der Waals surface area contributed by atoms with E-state index in [-0.39, 0.29) is 22.1 Å². The SMILES string of the molecule is Cn1c(C=C2SC(=S)N(C(CCC(N)=O)C(=O)O)C2=O)nc2ccccc21. The maximum atomic E-state index is 12.8. The summed E-state index contributed by atoms with van der Waals surface area (Å²) in [5.41, 5.74) is 6.79. The van der Waals surface area contributed by atoms with Crippen molar-refractivity contribution in [3.05, 3.63) is 35.0 Å². The van der Waals surface area contributed by atoms with E-state index in [4.69, 9.17) is 18.0 Å². The lowest BCUT2D eigenvalue weighted by atomic mass is 10.1. The van der Waals surface area contributed by atoms with Gasteiger partial charge in [0.2, 0.25) is 5.91 Å². The molecule has 27 heavy (non-hydrogen) atoms. The molecule has 0 saturated carbocycles. The van der Waals surface area contributed by atoms with Gasteiger partial charge in [-0.3, -0.25) is 14.5 Å². The molecule has 8 nitrogen and oxygen atoms in total. The van der Waals surface area contributed by atoms with Crippen molar-refractivity contribution >= 4 is 63.2 Å². The molecule has 1 aromatic carbocycles. The summed E-state index contributed by atoms with van der Waals surface area (Å²) >= 11 is 6.22. The van der Waals surface area contributed by atoms with Crippen molar-refractivity contribution in [1.82, 2.24) is 14.5 Å². The van der Waals surface area contributed by atoms with Crippen LogP contribution in [0.4, 0.5) is 0 Å². The van der Waals surface area contributed by atoms with Crippen LogP contribution in [0.5, 0.6) is 0 Å². The number of hydrogen-bond acceptors (Lipinski definition) is 6. The van der Waals surface area contributed by atoms with Crippen LogP contribution in [-0.2, 0) is 21.4 Å². The summed E-state index contributed by atoms with van der Waals surface area (Å²) in [6.07, 6.45) is 1.33. The molecular formula is C17H16N4O4S2. The molecule has 1 unspecified atom stereocenters. The summed E-state index contributed by atoms with van der Waals surface area (Å²) in [6.45, 7) is 0. The Balaban J connectivity index is 1.92. The molecule has 2 amide bonds. The number of nitrogens with zero attached hydrogens (tertiary/aromatic N) is 3. The van der Waals surface area contributed by atoms with E-state index in [1.165, 1.54) is 0 Å². The number of aryl methyl sites for hydroxylation is 1. The number of primary amides is 1. The molecule has 1 aliphatic heterocycles. The number of imidazole rings is 1. The van der Waals surface area contributed by atoms with Crippen LogP contribution < -0.4 is 5.73 Å². The van der Waals surface area contributed by atoms with Gasteiger partial charge in [-0.25, -0.2) is 9.78 Å². The van der Waals surface area contributed by atoms with Crippen LogP contribution >= 0.6 is 24.0 Å². The van der Waals surface area contributed by atoms with Crippen molar-refractivity contribution in [3.8, 4) is 0 Å². The van der Waals surface area contributed by atoms with Crippen LogP contribution in [0.1, 0.15) is 18.7 Å². The number of carbonyl (C=O) groups excluding carboxylic acids is 2. The van der Waals surface area contributed by atoms with Gasteiger partial charge >= 0.3 is 5.97 Å². The first-order valence-corrected chi connectivity index (χ1v) is 9.21. The zero-order chi connectivity index (χ0) is 19.7. The summed E-state index contributed by atoms with van der Waals surface area (Å²) < 4.78 is 1.96. The normalized spacial score (nSPS) is 17.1. The lowest BCUT2D eigenvalue weighted by molar-refractivity contribution is -0.145. The summed E-state index contributed by atoms with van der Waals surface area (Å²) in [4.78, 5) is 41.1. The standard InChI is InChI=1S/C17H16N4O4S2/c1-20-10-5-3-2-4-9(10)19-14(20)8-12-15(23)21(17(26)27-12)11(16(24)25)6-7-13(18)22/h2-5,8,11H,6-7H2,1H3,(H2,18,22)(H,24,25). The van der Waals surface area contributed by atoms with Crippen molar-refractivity contribution in [3.63, 3.8) is 0 Å². The van der Waals surface area contributed by atoms with Gasteiger partial charge in [0.05, 0.1) is 15.9 Å². The number of para-hydroxylation sites is 2. The molecule has 2 aromatic rings. The number of hydrogen-bond donors (Lipinski definition) is 2. The number of benzene rings is 1. The number of nitrogens with two attached hydrogens (primary N) is 1. The van der Waals surface area contributed by atoms with Crippen molar-refractivity contribution in [2.75, 3.05) is 0 Å². The Morgan fingerprint density at radius 1 is 1.41 bits per heavy atom. The highest BCUT2D eigenvalue weighted by atomic mass is 32.2. The van der Waals surface area contributed by atoms with Crippen molar-refractivity contribution < 1.29 is 19.5 Å². The molecule has 1 aromatic heterocycles. The average molecular weight is 404 g/mol. The minimum atomic E-state index is -1.24. The van der Waals surface area contributed by atoms with Crippen LogP contribution in [0.3, 0.4) is 0 Å². The Morgan fingerprint density at radius 2 is 2.11 bits per heavy atom. The smallest absolute Gasteiger partial charge is 0.326 e. The zero-order valence-electron chi connectivity index (χ0n) is 14.3. The molecule has 3 rings (SSSR count). The Kier molecular flexibility index (Phi) is 5.29. The number of carbonyl (C=O) groups is 3. The molecule has 1 fully saturated rings. The highest BCUT2D eigenvalue weighted by molar-refractivity contribution is 8.26. The summed E-state index contributed by atoms with van der Waals surface area (Å²) in [5, 5.41) is 9.45. The van der Waals surface area contributed by atoms with E-state index in [9.17, 15) is 19.5 Å². The first-order valence-electron chi connectivity index (χ1n) is 7.99. The van der Waals surface area contributed by atoms with Crippen molar-refractivity contribution in [2.24, 2.45) is 12.8 Å². The van der Waals surface area contributed by atoms with E-state index in [1.807, 2.05) is 35.9 Å². The first kappa shape index (κ1) is 19.1. The van der Waals surface area contributed by atoms with Crippen LogP contribution in [0.15, 0.2) is 29.2 Å². The summed E-state index contributed by atoms with van der Waals surface area (Å²) in [6, 6.07) is 6.30. The van der Waals surface area contributed by atoms with E-state index >= 15 is 0 Å². The number of rotatable bonds is 6.